The van der Waals surface area contributed by atoms with Gasteiger partial charge in [-0.15, -0.1) is 0 Å². The van der Waals surface area contributed by atoms with Crippen LogP contribution in [0.2, 0.25) is 0 Å². The fourth-order valence-corrected chi connectivity index (χ4v) is 2.56. The second-order valence-electron chi connectivity index (χ2n) is 5.92. The summed E-state index contributed by atoms with van der Waals surface area (Å²) < 4.78 is 5.14. The lowest BCUT2D eigenvalue weighted by Crippen LogP contribution is -2.32. The van der Waals surface area contributed by atoms with Crippen LogP contribution in [0.4, 0.5) is 5.69 Å². The van der Waals surface area contributed by atoms with Crippen LogP contribution in [-0.2, 0) is 11.2 Å². The number of hydrogen-bond acceptors (Lipinski definition) is 5. The van der Waals surface area contributed by atoms with Crippen LogP contribution in [0.5, 0.6) is 11.5 Å². The largest absolute Gasteiger partial charge is 0.506 e. The molecule has 0 radical (unpaired) electrons. The second-order valence-corrected chi connectivity index (χ2v) is 5.92. The molecule has 0 aromatic heterocycles. The maximum absolute atomic E-state index is 10.5. The molecule has 0 bridgehead atoms. The van der Waals surface area contributed by atoms with Crippen LogP contribution in [0.25, 0.3) is 0 Å². The number of methoxy groups -OCH3 is 1. The van der Waals surface area contributed by atoms with Crippen LogP contribution in [0.15, 0.2) is 42.5 Å². The van der Waals surface area contributed by atoms with E-state index in [1.807, 2.05) is 31.2 Å². The summed E-state index contributed by atoms with van der Waals surface area (Å²) in [5.74, 6) is 0.788. The third kappa shape index (κ3) is 5.48. The highest BCUT2D eigenvalue weighted by Crippen LogP contribution is 2.26. The maximum atomic E-state index is 10.5. The second kappa shape index (κ2) is 9.05. The number of anilines is 1. The predicted octanol–water partition coefficient (Wildman–Crippen LogP) is 2.22. The quantitative estimate of drug-likeness (QED) is 0.414. The van der Waals surface area contributed by atoms with Crippen molar-refractivity contribution in [3.63, 3.8) is 0 Å². The molecule has 6 heteroatoms. The number of rotatable bonds is 9. The molecule has 134 valence electrons. The number of phenolic OH excluding ortho intramolecular Hbond substituents is 1. The number of aliphatic hydroxyl groups is 1. The number of carbonyl (C=O) groups excluding carboxylic acids is 1. The number of hydrogen-bond donors (Lipinski definition) is 4. The monoisotopic (exact) mass is 344 g/mol. The highest BCUT2D eigenvalue weighted by Gasteiger charge is 2.12. The normalized spacial score (nSPS) is 13.1. The minimum Gasteiger partial charge on any atom is -0.506 e. The maximum Gasteiger partial charge on any atom is 0.211 e. The van der Waals surface area contributed by atoms with Gasteiger partial charge in [0.15, 0.2) is 0 Å². The highest BCUT2D eigenvalue weighted by atomic mass is 16.5. The molecule has 2 rings (SSSR count). The Kier molecular flexibility index (Phi) is 6.80. The van der Waals surface area contributed by atoms with Gasteiger partial charge in [-0.25, -0.2) is 0 Å². The van der Waals surface area contributed by atoms with Crippen molar-refractivity contribution < 1.29 is 19.7 Å². The van der Waals surface area contributed by atoms with Crippen molar-refractivity contribution in [2.75, 3.05) is 19.0 Å². The van der Waals surface area contributed by atoms with E-state index in [-0.39, 0.29) is 17.5 Å². The van der Waals surface area contributed by atoms with Crippen LogP contribution in [0, 0.1) is 0 Å². The summed E-state index contributed by atoms with van der Waals surface area (Å²) in [6.45, 7) is 2.41. The number of aliphatic hydroxyl groups excluding tert-OH is 1. The molecule has 6 nitrogen and oxygen atoms in total. The van der Waals surface area contributed by atoms with Gasteiger partial charge in [0.1, 0.15) is 11.5 Å². The van der Waals surface area contributed by atoms with Gasteiger partial charge in [0.2, 0.25) is 6.41 Å². The minimum atomic E-state index is -0.744. The summed E-state index contributed by atoms with van der Waals surface area (Å²) >= 11 is 0. The number of aromatic hydroxyl groups is 1. The first-order chi connectivity index (χ1) is 12.0. The van der Waals surface area contributed by atoms with Crippen molar-refractivity contribution in [3.05, 3.63) is 53.6 Å². The highest BCUT2D eigenvalue weighted by molar-refractivity contribution is 5.75. The van der Waals surface area contributed by atoms with Crippen molar-refractivity contribution in [3.8, 4) is 11.5 Å². The molecule has 0 saturated heterocycles. The van der Waals surface area contributed by atoms with Gasteiger partial charge in [-0.3, -0.25) is 4.79 Å². The number of carbonyl (C=O) groups is 1. The molecule has 0 spiro atoms. The zero-order valence-corrected chi connectivity index (χ0v) is 14.4. The molecule has 2 atom stereocenters. The molecular weight excluding hydrogens is 320 g/mol. The Balaban J connectivity index is 1.88. The molecule has 0 saturated carbocycles. The minimum absolute atomic E-state index is 0.0381. The van der Waals surface area contributed by atoms with Crippen LogP contribution < -0.4 is 15.4 Å². The van der Waals surface area contributed by atoms with Gasteiger partial charge in [0, 0.05) is 12.6 Å². The van der Waals surface area contributed by atoms with Crippen molar-refractivity contribution in [2.24, 2.45) is 0 Å². The zero-order valence-electron chi connectivity index (χ0n) is 14.4. The van der Waals surface area contributed by atoms with Crippen molar-refractivity contribution in [2.45, 2.75) is 25.5 Å². The fourth-order valence-electron chi connectivity index (χ4n) is 2.56. The Hall–Kier alpha value is -2.57. The smallest absolute Gasteiger partial charge is 0.211 e. The lowest BCUT2D eigenvalue weighted by atomic mass is 10.1. The Morgan fingerprint density at radius 3 is 2.56 bits per heavy atom. The Morgan fingerprint density at radius 1 is 1.20 bits per heavy atom. The Labute approximate surface area is 147 Å². The number of phenols is 1. The Morgan fingerprint density at radius 2 is 1.92 bits per heavy atom. The lowest BCUT2D eigenvalue weighted by Gasteiger charge is -2.18. The third-order valence-corrected chi connectivity index (χ3v) is 3.98. The van der Waals surface area contributed by atoms with Crippen LogP contribution >= 0.6 is 0 Å². The summed E-state index contributed by atoms with van der Waals surface area (Å²) in [5.41, 5.74) is 2.07. The molecule has 2 aromatic rings. The van der Waals surface area contributed by atoms with E-state index in [0.717, 1.165) is 12.2 Å². The molecule has 0 heterocycles. The van der Waals surface area contributed by atoms with E-state index in [9.17, 15) is 15.0 Å². The van der Waals surface area contributed by atoms with Gasteiger partial charge in [-0.2, -0.15) is 0 Å². The molecule has 1 amide bonds. The molecule has 1 unspecified atom stereocenters. The van der Waals surface area contributed by atoms with Crippen LogP contribution in [-0.4, -0.2) is 36.3 Å². The van der Waals surface area contributed by atoms with Crippen LogP contribution in [0.1, 0.15) is 24.2 Å². The van der Waals surface area contributed by atoms with Crippen LogP contribution in [0.3, 0.4) is 0 Å². The predicted molar refractivity (Wildman–Crippen MR) is 96.9 cm³/mol. The summed E-state index contributed by atoms with van der Waals surface area (Å²) in [6.07, 6.45) is 0.566. The SMILES string of the molecule is COc1ccc(CC(C)NC[C@H](O)c2ccc(O)c(NC=O)c2)cc1. The molecule has 0 aliphatic carbocycles. The fraction of sp³-hybridized carbons (Fsp3) is 0.316. The van der Waals surface area contributed by atoms with E-state index in [1.165, 1.54) is 11.6 Å². The first kappa shape index (κ1) is 18.8. The summed E-state index contributed by atoms with van der Waals surface area (Å²) in [6, 6.07) is 12.7. The van der Waals surface area contributed by atoms with Crippen molar-refractivity contribution >= 4 is 12.1 Å². The van der Waals surface area contributed by atoms with E-state index >= 15 is 0 Å². The average Bonchev–Trinajstić information content (AvgIpc) is 2.62. The molecule has 2 aromatic carbocycles. The molecule has 0 aliphatic heterocycles. The molecular formula is C19H24N2O4. The molecule has 4 N–H and O–H groups in total. The van der Waals surface area contributed by atoms with Gasteiger partial charge >= 0.3 is 0 Å². The number of ether oxygens (including phenoxy) is 1. The molecule has 0 aliphatic rings. The van der Waals surface area contributed by atoms with E-state index in [0.29, 0.717) is 18.5 Å². The van der Waals surface area contributed by atoms with Gasteiger partial charge < -0.3 is 25.6 Å². The van der Waals surface area contributed by atoms with Crippen molar-refractivity contribution in [1.82, 2.24) is 5.32 Å². The van der Waals surface area contributed by atoms with Gasteiger partial charge in [0.25, 0.3) is 0 Å². The van der Waals surface area contributed by atoms with Gasteiger partial charge in [0.05, 0.1) is 18.9 Å². The first-order valence-electron chi connectivity index (χ1n) is 8.11. The first-order valence-corrected chi connectivity index (χ1v) is 8.11. The molecule has 25 heavy (non-hydrogen) atoms. The number of benzene rings is 2. The topological polar surface area (TPSA) is 90.8 Å². The van der Waals surface area contributed by atoms with E-state index < -0.39 is 6.10 Å². The van der Waals surface area contributed by atoms with Gasteiger partial charge in [-0.05, 0) is 48.7 Å². The summed E-state index contributed by atoms with van der Waals surface area (Å²) in [7, 11) is 1.64. The van der Waals surface area contributed by atoms with E-state index in [4.69, 9.17) is 4.74 Å². The lowest BCUT2D eigenvalue weighted by molar-refractivity contribution is -0.105. The van der Waals surface area contributed by atoms with Gasteiger partial charge in [-0.1, -0.05) is 18.2 Å². The van der Waals surface area contributed by atoms with E-state index in [2.05, 4.69) is 10.6 Å². The average molecular weight is 344 g/mol. The van der Waals surface area contributed by atoms with E-state index in [1.54, 1.807) is 19.2 Å². The summed E-state index contributed by atoms with van der Waals surface area (Å²) in [5, 5.41) is 25.6. The number of nitrogens with one attached hydrogen (secondary N) is 2. The number of amides is 1. The Bertz CT molecular complexity index is 688. The van der Waals surface area contributed by atoms with Crippen molar-refractivity contribution in [1.29, 1.82) is 0 Å². The summed E-state index contributed by atoms with van der Waals surface area (Å²) in [4.78, 5) is 10.5. The standard InChI is InChI=1S/C19H24N2O4/c1-13(9-14-3-6-16(25-2)7-4-14)20-11-19(24)15-5-8-18(23)17(10-15)21-12-22/h3-8,10,12-13,19-20,23-24H,9,11H2,1-2H3,(H,21,22)/t13?,19-/m0/s1. The zero-order chi connectivity index (χ0) is 18.2. The third-order valence-electron chi connectivity index (χ3n) is 3.98. The molecule has 0 fully saturated rings.